The van der Waals surface area contributed by atoms with E-state index in [0.717, 1.165) is 17.2 Å². The number of allylic oxidation sites excluding steroid dienone is 5. The van der Waals surface area contributed by atoms with Crippen LogP contribution in [0, 0.1) is 12.8 Å². The summed E-state index contributed by atoms with van der Waals surface area (Å²) in [5.74, 6) is 0.990. The van der Waals surface area contributed by atoms with Crippen molar-refractivity contribution in [2.75, 3.05) is 20.1 Å². The zero-order chi connectivity index (χ0) is 17.6. The molecule has 0 bridgehead atoms. The molecular formula is C22H33NS. The molecular weight excluding hydrogens is 310 g/mol. The lowest BCUT2D eigenvalue weighted by atomic mass is 9.96. The Morgan fingerprint density at radius 3 is 2.46 bits per heavy atom. The molecule has 0 N–H and O–H groups in total. The molecule has 0 spiro atoms. The summed E-state index contributed by atoms with van der Waals surface area (Å²) in [6.45, 7) is 7.02. The smallest absolute Gasteiger partial charge is 0.00368 e. The summed E-state index contributed by atoms with van der Waals surface area (Å²) in [4.78, 5) is 3.47. The molecule has 1 aromatic carbocycles. The Morgan fingerprint density at radius 1 is 1.17 bits per heavy atom. The normalized spacial score (nSPS) is 20.0. The summed E-state index contributed by atoms with van der Waals surface area (Å²) in [5.41, 5.74) is 1.32. The summed E-state index contributed by atoms with van der Waals surface area (Å²) in [6.07, 6.45) is 15.4. The van der Waals surface area contributed by atoms with E-state index in [0.29, 0.717) is 0 Å². The molecule has 1 unspecified atom stereocenters. The summed E-state index contributed by atoms with van der Waals surface area (Å²) in [5, 5.41) is 0. The van der Waals surface area contributed by atoms with E-state index in [-0.39, 0.29) is 0 Å². The zero-order valence-corrected chi connectivity index (χ0v) is 16.4. The van der Waals surface area contributed by atoms with Crippen molar-refractivity contribution in [3.8, 4) is 0 Å². The largest absolute Gasteiger partial charge is 0.306 e. The van der Waals surface area contributed by atoms with Crippen LogP contribution in [-0.2, 0) is 0 Å². The molecule has 132 valence electrons. The third-order valence-corrected chi connectivity index (χ3v) is 4.50. The summed E-state index contributed by atoms with van der Waals surface area (Å²) >= 11 is 4.15. The van der Waals surface area contributed by atoms with E-state index in [9.17, 15) is 0 Å². The molecule has 1 heterocycles. The second kappa shape index (κ2) is 13.1. The first-order valence-corrected chi connectivity index (χ1v) is 9.49. The molecule has 2 heteroatoms. The van der Waals surface area contributed by atoms with Crippen molar-refractivity contribution < 1.29 is 0 Å². The number of rotatable bonds is 1. The van der Waals surface area contributed by atoms with Gasteiger partial charge in [0.15, 0.2) is 0 Å². The van der Waals surface area contributed by atoms with Gasteiger partial charge in [-0.05, 0) is 51.8 Å². The predicted molar refractivity (Wildman–Crippen MR) is 112 cm³/mol. The van der Waals surface area contributed by atoms with Crippen LogP contribution in [0.5, 0.6) is 0 Å². The van der Waals surface area contributed by atoms with Gasteiger partial charge in [-0.1, -0.05) is 73.5 Å². The molecule has 0 saturated carbocycles. The number of benzene rings is 1. The number of likely N-dealkylation sites (tertiary alicyclic amines) is 1. The quantitative estimate of drug-likeness (QED) is 0.608. The van der Waals surface area contributed by atoms with Gasteiger partial charge in [0.1, 0.15) is 0 Å². The minimum absolute atomic E-state index is 0.990. The van der Waals surface area contributed by atoms with Crippen LogP contribution in [0.15, 0.2) is 65.6 Å². The fourth-order valence-corrected chi connectivity index (χ4v) is 2.90. The standard InChI is InChI=1S/C8H17N.C7H8S.C7H8/c1-3-8-5-4-6-9(2)7-8;8-7-5-3-1-2-4-6-7;1-7-5-3-2-4-6-7/h8H,3-7H2,1-2H3;1,3-6,8H,2H2;2-6H,1H3. The van der Waals surface area contributed by atoms with Crippen LogP contribution in [0.2, 0.25) is 0 Å². The predicted octanol–water partition coefficient (Wildman–Crippen LogP) is 6.05. The van der Waals surface area contributed by atoms with Crippen molar-refractivity contribution in [3.05, 3.63) is 71.2 Å². The molecule has 1 aliphatic heterocycles. The van der Waals surface area contributed by atoms with E-state index in [1.54, 1.807) is 0 Å². The highest BCUT2D eigenvalue weighted by Crippen LogP contribution is 2.17. The zero-order valence-electron chi connectivity index (χ0n) is 15.5. The lowest BCUT2D eigenvalue weighted by Crippen LogP contribution is -2.31. The summed E-state index contributed by atoms with van der Waals surface area (Å²) in [7, 11) is 2.22. The van der Waals surface area contributed by atoms with Crippen molar-refractivity contribution in [3.63, 3.8) is 0 Å². The van der Waals surface area contributed by atoms with Crippen LogP contribution in [0.3, 0.4) is 0 Å². The van der Waals surface area contributed by atoms with Gasteiger partial charge in [-0.15, -0.1) is 12.6 Å². The average Bonchev–Trinajstić information content (AvgIpc) is 2.84. The van der Waals surface area contributed by atoms with Gasteiger partial charge in [0, 0.05) is 11.4 Å². The molecule has 1 atom stereocenters. The van der Waals surface area contributed by atoms with E-state index in [1.165, 1.54) is 37.9 Å². The van der Waals surface area contributed by atoms with E-state index in [2.05, 4.69) is 62.7 Å². The van der Waals surface area contributed by atoms with Crippen molar-refractivity contribution in [1.82, 2.24) is 4.90 Å². The monoisotopic (exact) mass is 343 g/mol. The first kappa shape index (κ1) is 20.8. The lowest BCUT2D eigenvalue weighted by Gasteiger charge is -2.28. The molecule has 1 aliphatic carbocycles. The van der Waals surface area contributed by atoms with Crippen LogP contribution >= 0.6 is 12.6 Å². The first-order chi connectivity index (χ1) is 11.6. The lowest BCUT2D eigenvalue weighted by molar-refractivity contribution is 0.206. The second-order valence-electron chi connectivity index (χ2n) is 6.49. The van der Waals surface area contributed by atoms with Crippen LogP contribution < -0.4 is 0 Å². The highest BCUT2D eigenvalue weighted by atomic mass is 32.1. The minimum Gasteiger partial charge on any atom is -0.306 e. The van der Waals surface area contributed by atoms with Crippen molar-refractivity contribution in [2.45, 2.75) is 39.5 Å². The Morgan fingerprint density at radius 2 is 1.92 bits per heavy atom. The van der Waals surface area contributed by atoms with Crippen molar-refractivity contribution in [1.29, 1.82) is 0 Å². The molecule has 1 aromatic rings. The van der Waals surface area contributed by atoms with Gasteiger partial charge in [-0.2, -0.15) is 0 Å². The Kier molecular flexibility index (Phi) is 11.3. The molecule has 24 heavy (non-hydrogen) atoms. The SMILES string of the molecule is CCC1CCCN(C)C1.Cc1ccccc1.SC1=CC=CCC=C1. The van der Waals surface area contributed by atoms with E-state index in [4.69, 9.17) is 0 Å². The maximum Gasteiger partial charge on any atom is 0.00368 e. The van der Waals surface area contributed by atoms with Gasteiger partial charge in [0.2, 0.25) is 0 Å². The van der Waals surface area contributed by atoms with Gasteiger partial charge in [0.05, 0.1) is 0 Å². The Bertz CT molecular complexity index is 516. The summed E-state index contributed by atoms with van der Waals surface area (Å²) < 4.78 is 0. The Balaban J connectivity index is 0.000000181. The minimum atomic E-state index is 0.990. The van der Waals surface area contributed by atoms with Crippen molar-refractivity contribution >= 4 is 12.6 Å². The number of aryl methyl sites for hydroxylation is 1. The van der Waals surface area contributed by atoms with Crippen LogP contribution in [-0.4, -0.2) is 25.0 Å². The number of hydrogen-bond donors (Lipinski definition) is 1. The first-order valence-electron chi connectivity index (χ1n) is 9.04. The fourth-order valence-electron chi connectivity index (χ4n) is 2.71. The van der Waals surface area contributed by atoms with Crippen LogP contribution in [0.1, 0.15) is 38.2 Å². The Hall–Kier alpha value is -1.25. The molecule has 1 saturated heterocycles. The average molecular weight is 344 g/mol. The van der Waals surface area contributed by atoms with Gasteiger partial charge in [-0.3, -0.25) is 0 Å². The van der Waals surface area contributed by atoms with E-state index >= 15 is 0 Å². The summed E-state index contributed by atoms with van der Waals surface area (Å²) in [6, 6.07) is 10.3. The van der Waals surface area contributed by atoms with Gasteiger partial charge in [-0.25, -0.2) is 0 Å². The maximum atomic E-state index is 4.15. The molecule has 3 rings (SSSR count). The molecule has 0 aromatic heterocycles. The number of piperidine rings is 1. The highest BCUT2D eigenvalue weighted by molar-refractivity contribution is 7.84. The molecule has 0 amide bonds. The van der Waals surface area contributed by atoms with E-state index in [1.807, 2.05) is 36.4 Å². The number of thiol groups is 1. The van der Waals surface area contributed by atoms with Crippen LogP contribution in [0.4, 0.5) is 0 Å². The van der Waals surface area contributed by atoms with Gasteiger partial charge in [0.25, 0.3) is 0 Å². The number of nitrogens with zero attached hydrogens (tertiary/aromatic N) is 1. The maximum absolute atomic E-state index is 4.15. The topological polar surface area (TPSA) is 3.24 Å². The molecule has 1 fully saturated rings. The van der Waals surface area contributed by atoms with E-state index < -0.39 is 0 Å². The third kappa shape index (κ3) is 10.5. The molecule has 1 nitrogen and oxygen atoms in total. The second-order valence-corrected chi connectivity index (χ2v) is 7.01. The molecule has 2 aliphatic rings. The van der Waals surface area contributed by atoms with Gasteiger partial charge < -0.3 is 4.90 Å². The van der Waals surface area contributed by atoms with Gasteiger partial charge >= 0.3 is 0 Å². The number of hydrogen-bond acceptors (Lipinski definition) is 2. The third-order valence-electron chi connectivity index (χ3n) is 4.20. The highest BCUT2D eigenvalue weighted by Gasteiger charge is 2.14. The molecule has 0 radical (unpaired) electrons. The fraction of sp³-hybridized carbons (Fsp3) is 0.455. The Labute approximate surface area is 154 Å². The van der Waals surface area contributed by atoms with Crippen molar-refractivity contribution in [2.24, 2.45) is 5.92 Å². The van der Waals surface area contributed by atoms with Crippen LogP contribution in [0.25, 0.3) is 0 Å².